The lowest BCUT2D eigenvalue weighted by molar-refractivity contribution is -0.124. The molecule has 6 heteroatoms. The number of aryl methyl sites for hydroxylation is 2. The number of hydrogen-bond donors (Lipinski definition) is 1. The number of amides is 1. The van der Waals surface area contributed by atoms with Gasteiger partial charge in [0.05, 0.1) is 0 Å². The number of nitrogens with zero attached hydrogens (tertiary/aromatic N) is 1. The number of thiazole rings is 1. The van der Waals surface area contributed by atoms with E-state index in [1.165, 1.54) is 16.9 Å². The highest BCUT2D eigenvalue weighted by Gasteiger charge is 2.16. The Hall–Kier alpha value is -2.99. The van der Waals surface area contributed by atoms with Gasteiger partial charge in [-0.15, -0.1) is 11.3 Å². The number of ether oxygens (including phenoxy) is 1. The molecule has 0 spiro atoms. The molecule has 0 radical (unpaired) electrons. The van der Waals surface area contributed by atoms with Crippen LogP contribution in [0.3, 0.4) is 0 Å². The van der Waals surface area contributed by atoms with Gasteiger partial charge in [0.2, 0.25) is 0 Å². The fraction of sp³-hybridized carbons (Fsp3) is 0.261. The lowest BCUT2D eigenvalue weighted by Crippen LogP contribution is -2.36. The van der Waals surface area contributed by atoms with Crippen molar-refractivity contribution >= 4 is 23.2 Å². The van der Waals surface area contributed by atoms with Crippen molar-refractivity contribution < 1.29 is 14.3 Å². The lowest BCUT2D eigenvalue weighted by atomic mass is 10.1. The predicted molar refractivity (Wildman–Crippen MR) is 115 cm³/mol. The number of benzene rings is 2. The van der Waals surface area contributed by atoms with Crippen LogP contribution in [0, 0.1) is 6.92 Å². The highest BCUT2D eigenvalue weighted by molar-refractivity contribution is 7.13. The van der Waals surface area contributed by atoms with Crippen LogP contribution in [0.25, 0.3) is 10.6 Å². The first-order valence-electron chi connectivity index (χ1n) is 9.54. The van der Waals surface area contributed by atoms with Crippen LogP contribution in [0.4, 0.5) is 0 Å². The van der Waals surface area contributed by atoms with Gasteiger partial charge in [-0.05, 0) is 32.3 Å². The summed E-state index contributed by atoms with van der Waals surface area (Å²) in [6.45, 7) is 3.64. The van der Waals surface area contributed by atoms with Crippen molar-refractivity contribution in [1.29, 1.82) is 0 Å². The molecule has 29 heavy (non-hydrogen) atoms. The van der Waals surface area contributed by atoms with Crippen LogP contribution in [-0.4, -0.2) is 29.5 Å². The Morgan fingerprint density at radius 3 is 2.55 bits per heavy atom. The van der Waals surface area contributed by atoms with Crippen LogP contribution in [0.5, 0.6) is 0 Å². The molecular formula is C23H24N2O3S. The van der Waals surface area contributed by atoms with Gasteiger partial charge < -0.3 is 10.1 Å². The van der Waals surface area contributed by atoms with E-state index in [2.05, 4.69) is 22.4 Å². The molecule has 1 amide bonds. The van der Waals surface area contributed by atoms with E-state index in [1.54, 1.807) is 5.38 Å². The van der Waals surface area contributed by atoms with Gasteiger partial charge in [-0.3, -0.25) is 4.79 Å². The molecule has 0 fully saturated rings. The van der Waals surface area contributed by atoms with Crippen LogP contribution in [0.2, 0.25) is 0 Å². The molecule has 0 aliphatic carbocycles. The summed E-state index contributed by atoms with van der Waals surface area (Å²) >= 11 is 1.37. The van der Waals surface area contributed by atoms with E-state index in [0.717, 1.165) is 29.0 Å². The summed E-state index contributed by atoms with van der Waals surface area (Å²) in [7, 11) is 0. The number of carbonyl (C=O) groups excluding carboxylic acids is 2. The zero-order valence-corrected chi connectivity index (χ0v) is 17.4. The molecular weight excluding hydrogens is 384 g/mol. The molecule has 0 aliphatic heterocycles. The van der Waals surface area contributed by atoms with E-state index < -0.39 is 5.97 Å². The quantitative estimate of drug-likeness (QED) is 0.561. The zero-order chi connectivity index (χ0) is 20.6. The van der Waals surface area contributed by atoms with Crippen molar-refractivity contribution in [3.8, 4) is 10.6 Å². The van der Waals surface area contributed by atoms with E-state index in [1.807, 2.05) is 56.3 Å². The van der Waals surface area contributed by atoms with Crippen LogP contribution >= 0.6 is 11.3 Å². The smallest absolute Gasteiger partial charge is 0.358 e. The Balaban J connectivity index is 1.44. The van der Waals surface area contributed by atoms with E-state index in [9.17, 15) is 9.59 Å². The first-order chi connectivity index (χ1) is 14.0. The summed E-state index contributed by atoms with van der Waals surface area (Å²) in [4.78, 5) is 28.6. The van der Waals surface area contributed by atoms with Gasteiger partial charge in [-0.1, -0.05) is 60.2 Å². The number of hydrogen-bond acceptors (Lipinski definition) is 5. The average Bonchev–Trinajstić information content (AvgIpc) is 3.22. The summed E-state index contributed by atoms with van der Waals surface area (Å²) in [6, 6.07) is 18.0. The SMILES string of the molecule is Cc1ccc(-c2nc(C(=O)OCC(=O)N[C@H](C)CCc3ccccc3)cs2)cc1. The molecule has 0 saturated heterocycles. The molecule has 0 unspecified atom stereocenters. The van der Waals surface area contributed by atoms with Gasteiger partial charge >= 0.3 is 5.97 Å². The minimum atomic E-state index is -0.591. The van der Waals surface area contributed by atoms with Crippen LogP contribution in [0.1, 0.15) is 35.0 Å². The fourth-order valence-electron chi connectivity index (χ4n) is 2.82. The lowest BCUT2D eigenvalue weighted by Gasteiger charge is -2.13. The van der Waals surface area contributed by atoms with Gasteiger partial charge in [0.25, 0.3) is 5.91 Å². The van der Waals surface area contributed by atoms with Gasteiger partial charge in [0.1, 0.15) is 5.01 Å². The number of aromatic nitrogens is 1. The monoisotopic (exact) mass is 408 g/mol. The Morgan fingerprint density at radius 1 is 1.10 bits per heavy atom. The second-order valence-corrected chi connectivity index (χ2v) is 7.83. The molecule has 1 N–H and O–H groups in total. The summed E-state index contributed by atoms with van der Waals surface area (Å²) in [5, 5.41) is 5.26. The highest BCUT2D eigenvalue weighted by Crippen LogP contribution is 2.24. The van der Waals surface area contributed by atoms with Crippen molar-refractivity contribution in [2.45, 2.75) is 32.7 Å². The molecule has 2 aromatic carbocycles. The number of nitrogens with one attached hydrogen (secondary N) is 1. The molecule has 0 bridgehead atoms. The normalized spacial score (nSPS) is 11.7. The number of rotatable bonds is 8. The Morgan fingerprint density at radius 2 is 1.83 bits per heavy atom. The summed E-state index contributed by atoms with van der Waals surface area (Å²) in [6.07, 6.45) is 1.69. The van der Waals surface area contributed by atoms with Crippen molar-refractivity contribution in [3.05, 3.63) is 76.8 Å². The van der Waals surface area contributed by atoms with Crippen LogP contribution in [0.15, 0.2) is 60.0 Å². The average molecular weight is 409 g/mol. The highest BCUT2D eigenvalue weighted by atomic mass is 32.1. The third-order valence-corrected chi connectivity index (χ3v) is 5.35. The van der Waals surface area contributed by atoms with Gasteiger partial charge in [0.15, 0.2) is 12.3 Å². The summed E-state index contributed by atoms with van der Waals surface area (Å²) in [5.41, 5.74) is 3.56. The number of carbonyl (C=O) groups is 2. The Bertz CT molecular complexity index is 952. The second-order valence-electron chi connectivity index (χ2n) is 6.97. The van der Waals surface area contributed by atoms with Crippen molar-refractivity contribution in [1.82, 2.24) is 10.3 Å². The maximum Gasteiger partial charge on any atom is 0.358 e. The second kappa shape index (κ2) is 9.98. The molecule has 1 aromatic heterocycles. The first kappa shape index (κ1) is 20.7. The zero-order valence-electron chi connectivity index (χ0n) is 16.6. The summed E-state index contributed by atoms with van der Waals surface area (Å²) < 4.78 is 5.12. The molecule has 150 valence electrons. The van der Waals surface area contributed by atoms with Crippen molar-refractivity contribution in [2.24, 2.45) is 0 Å². The first-order valence-corrected chi connectivity index (χ1v) is 10.4. The standard InChI is InChI=1S/C23H24N2O3S/c1-16-8-12-19(13-9-16)22-25-20(15-29-22)23(27)28-14-21(26)24-17(2)10-11-18-6-4-3-5-7-18/h3-9,12-13,15,17H,10-11,14H2,1-2H3,(H,24,26)/t17-/m1/s1. The minimum absolute atomic E-state index is 0.00572. The topological polar surface area (TPSA) is 68.3 Å². The molecule has 1 atom stereocenters. The maximum atomic E-state index is 12.2. The minimum Gasteiger partial charge on any atom is -0.451 e. The molecule has 5 nitrogen and oxygen atoms in total. The van der Waals surface area contributed by atoms with Crippen LogP contribution in [-0.2, 0) is 16.0 Å². The molecule has 1 heterocycles. The predicted octanol–water partition coefficient (Wildman–Crippen LogP) is 4.41. The Labute approximate surface area is 174 Å². The molecule has 3 aromatic rings. The largest absolute Gasteiger partial charge is 0.451 e. The van der Waals surface area contributed by atoms with Crippen LogP contribution < -0.4 is 5.32 Å². The van der Waals surface area contributed by atoms with E-state index in [-0.39, 0.29) is 24.2 Å². The van der Waals surface area contributed by atoms with Gasteiger partial charge in [0, 0.05) is 17.0 Å². The molecule has 0 saturated carbocycles. The third-order valence-electron chi connectivity index (χ3n) is 4.46. The molecule has 0 aliphatic rings. The maximum absolute atomic E-state index is 12.2. The van der Waals surface area contributed by atoms with Crippen molar-refractivity contribution in [2.75, 3.05) is 6.61 Å². The van der Waals surface area contributed by atoms with Gasteiger partial charge in [-0.25, -0.2) is 9.78 Å². The van der Waals surface area contributed by atoms with E-state index in [0.29, 0.717) is 0 Å². The fourth-order valence-corrected chi connectivity index (χ4v) is 3.61. The van der Waals surface area contributed by atoms with Gasteiger partial charge in [-0.2, -0.15) is 0 Å². The molecule has 3 rings (SSSR count). The third kappa shape index (κ3) is 6.26. The van der Waals surface area contributed by atoms with Crippen molar-refractivity contribution in [3.63, 3.8) is 0 Å². The van der Waals surface area contributed by atoms with E-state index in [4.69, 9.17) is 4.74 Å². The van der Waals surface area contributed by atoms with E-state index >= 15 is 0 Å². The Kier molecular flexibility index (Phi) is 7.14. The summed E-state index contributed by atoms with van der Waals surface area (Å²) in [5.74, 6) is -0.903. The number of esters is 1.